The Bertz CT molecular complexity index is 1170. The molecule has 1 heterocycles. The quantitative estimate of drug-likeness (QED) is 0.389. The van der Waals surface area contributed by atoms with Crippen LogP contribution in [0.25, 0.3) is 11.1 Å². The van der Waals surface area contributed by atoms with Crippen molar-refractivity contribution in [3.05, 3.63) is 89.5 Å². The Labute approximate surface area is 198 Å². The standard InChI is InChI=1S/C28H28F2N2O2/c1-18(2)17-34-28(33)32(3)22-13-11-20(12-14-22)19-7-9-21(10-8-19)25-15-16-26(31-25)27-23(29)5-4-6-24(27)30/h4-14,18,25H,15-17H2,1-3H3. The number of benzene rings is 3. The van der Waals surface area contributed by atoms with Crippen molar-refractivity contribution < 1.29 is 18.3 Å². The third-order valence-corrected chi connectivity index (χ3v) is 5.91. The van der Waals surface area contributed by atoms with Crippen molar-refractivity contribution in [2.24, 2.45) is 10.9 Å². The van der Waals surface area contributed by atoms with Crippen LogP contribution in [0.4, 0.5) is 19.3 Å². The zero-order chi connectivity index (χ0) is 24.2. The van der Waals surface area contributed by atoms with Crippen LogP contribution in [0.3, 0.4) is 0 Å². The van der Waals surface area contributed by atoms with Crippen molar-refractivity contribution in [1.29, 1.82) is 0 Å². The summed E-state index contributed by atoms with van der Waals surface area (Å²) in [5.74, 6) is -0.862. The summed E-state index contributed by atoms with van der Waals surface area (Å²) in [5, 5.41) is 0. The predicted molar refractivity (Wildman–Crippen MR) is 131 cm³/mol. The Kier molecular flexibility index (Phi) is 7.06. The molecule has 0 spiro atoms. The molecule has 1 aliphatic heterocycles. The highest BCUT2D eigenvalue weighted by atomic mass is 19.1. The van der Waals surface area contributed by atoms with Gasteiger partial charge >= 0.3 is 6.09 Å². The van der Waals surface area contributed by atoms with Gasteiger partial charge in [0.2, 0.25) is 0 Å². The minimum Gasteiger partial charge on any atom is -0.449 e. The maximum absolute atomic E-state index is 14.1. The molecule has 1 unspecified atom stereocenters. The molecule has 0 fully saturated rings. The number of hydrogen-bond donors (Lipinski definition) is 0. The second kappa shape index (κ2) is 10.2. The van der Waals surface area contributed by atoms with Gasteiger partial charge in [-0.05, 0) is 59.7 Å². The molecule has 0 saturated carbocycles. The van der Waals surface area contributed by atoms with E-state index in [1.807, 2.05) is 62.4 Å². The monoisotopic (exact) mass is 462 g/mol. The van der Waals surface area contributed by atoms with Crippen molar-refractivity contribution in [2.45, 2.75) is 32.7 Å². The van der Waals surface area contributed by atoms with E-state index < -0.39 is 11.6 Å². The number of amides is 1. The van der Waals surface area contributed by atoms with Gasteiger partial charge in [-0.25, -0.2) is 13.6 Å². The Morgan fingerprint density at radius 2 is 1.59 bits per heavy atom. The number of carbonyl (C=O) groups excluding carboxylic acids is 1. The van der Waals surface area contributed by atoms with E-state index in [2.05, 4.69) is 4.99 Å². The summed E-state index contributed by atoms with van der Waals surface area (Å²) in [6, 6.07) is 19.5. The lowest BCUT2D eigenvalue weighted by Gasteiger charge is -2.18. The van der Waals surface area contributed by atoms with Gasteiger partial charge < -0.3 is 4.74 Å². The molecule has 0 radical (unpaired) electrons. The van der Waals surface area contributed by atoms with Gasteiger partial charge in [-0.1, -0.05) is 56.3 Å². The molecule has 0 bridgehead atoms. The molecule has 34 heavy (non-hydrogen) atoms. The largest absolute Gasteiger partial charge is 0.449 e. The van der Waals surface area contributed by atoms with Crippen LogP contribution in [-0.2, 0) is 4.74 Å². The normalized spacial score (nSPS) is 15.4. The van der Waals surface area contributed by atoms with Crippen LogP contribution in [0.1, 0.15) is 43.9 Å². The summed E-state index contributed by atoms with van der Waals surface area (Å²) in [6.45, 7) is 4.37. The van der Waals surface area contributed by atoms with Gasteiger partial charge in [0.25, 0.3) is 0 Å². The van der Waals surface area contributed by atoms with Gasteiger partial charge in [0, 0.05) is 18.4 Å². The first-order valence-corrected chi connectivity index (χ1v) is 11.5. The molecular weight excluding hydrogens is 434 g/mol. The highest BCUT2D eigenvalue weighted by Crippen LogP contribution is 2.33. The fourth-order valence-corrected chi connectivity index (χ4v) is 4.01. The molecule has 0 aromatic heterocycles. The van der Waals surface area contributed by atoms with E-state index in [0.29, 0.717) is 18.7 Å². The van der Waals surface area contributed by atoms with Crippen molar-refractivity contribution in [2.75, 3.05) is 18.6 Å². The van der Waals surface area contributed by atoms with E-state index in [9.17, 15) is 13.6 Å². The molecule has 0 N–H and O–H groups in total. The number of rotatable bonds is 6. The topological polar surface area (TPSA) is 41.9 Å². The van der Waals surface area contributed by atoms with Gasteiger partial charge in [0.1, 0.15) is 11.6 Å². The van der Waals surface area contributed by atoms with Crippen molar-refractivity contribution in [3.63, 3.8) is 0 Å². The molecular formula is C28H28F2N2O2. The van der Waals surface area contributed by atoms with E-state index >= 15 is 0 Å². The molecule has 3 aromatic carbocycles. The van der Waals surface area contributed by atoms with Crippen LogP contribution in [0, 0.1) is 17.6 Å². The Balaban J connectivity index is 1.45. The second-order valence-corrected chi connectivity index (χ2v) is 8.93. The van der Waals surface area contributed by atoms with Crippen LogP contribution in [0.15, 0.2) is 71.7 Å². The highest BCUT2D eigenvalue weighted by Gasteiger charge is 2.24. The van der Waals surface area contributed by atoms with Crippen LogP contribution in [0.2, 0.25) is 0 Å². The number of anilines is 1. The third kappa shape index (κ3) is 5.16. The first kappa shape index (κ1) is 23.6. The van der Waals surface area contributed by atoms with Crippen molar-refractivity contribution in [1.82, 2.24) is 0 Å². The summed E-state index contributed by atoms with van der Waals surface area (Å²) in [6.07, 6.45) is 0.882. The van der Waals surface area contributed by atoms with Crippen LogP contribution in [-0.4, -0.2) is 25.5 Å². The van der Waals surface area contributed by atoms with Crippen LogP contribution < -0.4 is 4.90 Å². The average molecular weight is 463 g/mol. The SMILES string of the molecule is CC(C)COC(=O)N(C)c1ccc(-c2ccc(C3CCC(c4c(F)cccc4F)=N3)cc2)cc1. The lowest BCUT2D eigenvalue weighted by Crippen LogP contribution is -2.28. The molecule has 6 heteroatoms. The molecule has 1 atom stereocenters. The number of halogens is 2. The van der Waals surface area contributed by atoms with Crippen molar-refractivity contribution in [3.8, 4) is 11.1 Å². The van der Waals surface area contributed by atoms with Crippen LogP contribution in [0.5, 0.6) is 0 Å². The molecule has 1 aliphatic rings. The molecule has 0 saturated heterocycles. The molecule has 4 nitrogen and oxygen atoms in total. The lowest BCUT2D eigenvalue weighted by atomic mass is 9.99. The van der Waals surface area contributed by atoms with E-state index in [4.69, 9.17) is 4.74 Å². The zero-order valence-electron chi connectivity index (χ0n) is 19.6. The highest BCUT2D eigenvalue weighted by molar-refractivity contribution is 6.02. The van der Waals surface area contributed by atoms with E-state index in [1.54, 1.807) is 7.05 Å². The molecule has 1 amide bonds. The van der Waals surface area contributed by atoms with Gasteiger partial charge in [-0.2, -0.15) is 0 Å². The smallest absolute Gasteiger partial charge is 0.414 e. The van der Waals surface area contributed by atoms with Gasteiger partial charge in [-0.15, -0.1) is 0 Å². The molecule has 176 valence electrons. The number of nitrogens with zero attached hydrogens (tertiary/aromatic N) is 2. The Morgan fingerprint density at radius 1 is 1.00 bits per heavy atom. The Hall–Kier alpha value is -3.54. The summed E-state index contributed by atoms with van der Waals surface area (Å²) in [5.41, 5.74) is 4.28. The van der Waals surface area contributed by atoms with Gasteiger partial charge in [0.05, 0.1) is 18.2 Å². The zero-order valence-corrected chi connectivity index (χ0v) is 19.6. The Morgan fingerprint density at radius 3 is 2.18 bits per heavy atom. The maximum atomic E-state index is 14.1. The average Bonchev–Trinajstić information content (AvgIpc) is 3.32. The summed E-state index contributed by atoms with van der Waals surface area (Å²) < 4.78 is 33.5. The molecule has 3 aromatic rings. The van der Waals surface area contributed by atoms with E-state index in [1.165, 1.54) is 23.1 Å². The van der Waals surface area contributed by atoms with Gasteiger partial charge in [0.15, 0.2) is 0 Å². The molecule has 4 rings (SSSR count). The lowest BCUT2D eigenvalue weighted by molar-refractivity contribution is 0.141. The number of ether oxygens (including phenoxy) is 1. The first-order chi connectivity index (χ1) is 16.3. The first-order valence-electron chi connectivity index (χ1n) is 11.5. The fourth-order valence-electron chi connectivity index (χ4n) is 4.01. The van der Waals surface area contributed by atoms with Crippen LogP contribution >= 0.6 is 0 Å². The van der Waals surface area contributed by atoms with E-state index in [0.717, 1.165) is 28.8 Å². The van der Waals surface area contributed by atoms with Gasteiger partial charge in [-0.3, -0.25) is 9.89 Å². The third-order valence-electron chi connectivity index (χ3n) is 5.91. The number of carbonyl (C=O) groups is 1. The second-order valence-electron chi connectivity index (χ2n) is 8.93. The number of aliphatic imine (C=N–C) groups is 1. The summed E-state index contributed by atoms with van der Waals surface area (Å²) in [7, 11) is 1.69. The fraction of sp³-hybridized carbons (Fsp3) is 0.286. The summed E-state index contributed by atoms with van der Waals surface area (Å²) >= 11 is 0. The van der Waals surface area contributed by atoms with E-state index in [-0.39, 0.29) is 23.6 Å². The predicted octanol–water partition coefficient (Wildman–Crippen LogP) is 7.18. The maximum Gasteiger partial charge on any atom is 0.414 e. The number of hydrogen-bond acceptors (Lipinski definition) is 3. The minimum absolute atomic E-state index is 0.0141. The molecule has 0 aliphatic carbocycles. The summed E-state index contributed by atoms with van der Waals surface area (Å²) in [4.78, 5) is 18.3. The van der Waals surface area contributed by atoms with Crippen molar-refractivity contribution >= 4 is 17.5 Å². The minimum atomic E-state index is -0.572.